The summed E-state index contributed by atoms with van der Waals surface area (Å²) in [5.74, 6) is -1.15. The van der Waals surface area contributed by atoms with E-state index in [0.29, 0.717) is 16.8 Å². The van der Waals surface area contributed by atoms with Gasteiger partial charge in [0.05, 0.1) is 5.69 Å². The summed E-state index contributed by atoms with van der Waals surface area (Å²) in [6, 6.07) is 2.33. The van der Waals surface area contributed by atoms with Crippen molar-refractivity contribution in [3.8, 4) is 0 Å². The van der Waals surface area contributed by atoms with Crippen molar-refractivity contribution in [2.24, 2.45) is 0 Å². The molecule has 2 rings (SSSR count). The van der Waals surface area contributed by atoms with Gasteiger partial charge in [0.2, 0.25) is 0 Å². The van der Waals surface area contributed by atoms with Crippen molar-refractivity contribution >= 4 is 21.6 Å². The Labute approximate surface area is 107 Å². The molecule has 0 radical (unpaired) electrons. The van der Waals surface area contributed by atoms with Crippen molar-refractivity contribution < 1.29 is 13.5 Å². The number of hydrogen-bond acceptors (Lipinski definition) is 2. The van der Waals surface area contributed by atoms with Gasteiger partial charge in [-0.05, 0) is 41.3 Å². The molecule has 94 valence electrons. The molecule has 1 heterocycles. The highest BCUT2D eigenvalue weighted by molar-refractivity contribution is 9.10. The number of nitrogens with one attached hydrogen (secondary N) is 1. The lowest BCUT2D eigenvalue weighted by Gasteiger charge is -2.18. The first-order chi connectivity index (χ1) is 8.16. The Kier molecular flexibility index (Phi) is 4.34. The van der Waals surface area contributed by atoms with E-state index < -0.39 is 11.6 Å². The fourth-order valence-corrected chi connectivity index (χ4v) is 2.45. The van der Waals surface area contributed by atoms with Crippen LogP contribution in [0.4, 0.5) is 14.5 Å². The van der Waals surface area contributed by atoms with E-state index >= 15 is 0 Å². The van der Waals surface area contributed by atoms with Crippen LogP contribution in [0.5, 0.6) is 0 Å². The lowest BCUT2D eigenvalue weighted by Crippen LogP contribution is -2.20. The lowest BCUT2D eigenvalue weighted by molar-refractivity contribution is 0.144. The van der Waals surface area contributed by atoms with E-state index in [-0.39, 0.29) is 6.04 Å². The van der Waals surface area contributed by atoms with E-state index in [1.807, 2.05) is 0 Å². The number of ether oxygens (including phenoxy) is 1. The highest BCUT2D eigenvalue weighted by Gasteiger charge is 2.16. The van der Waals surface area contributed by atoms with Gasteiger partial charge in [-0.1, -0.05) is 0 Å². The Morgan fingerprint density at radius 2 is 2.06 bits per heavy atom. The first-order valence-electron chi connectivity index (χ1n) is 5.65. The maximum atomic E-state index is 13.6. The highest BCUT2D eigenvalue weighted by atomic mass is 79.9. The number of benzene rings is 1. The maximum absolute atomic E-state index is 13.6. The molecular formula is C12H14BrF2NO. The number of halogens is 3. The first-order valence-corrected chi connectivity index (χ1v) is 6.45. The van der Waals surface area contributed by atoms with Gasteiger partial charge >= 0.3 is 0 Å². The Hall–Kier alpha value is -0.680. The third kappa shape index (κ3) is 3.39. The molecule has 1 aromatic carbocycles. The molecule has 2 nitrogen and oxygen atoms in total. The third-order valence-corrected chi connectivity index (χ3v) is 3.43. The Balaban J connectivity index is 2.11. The van der Waals surface area contributed by atoms with Crippen LogP contribution in [0.2, 0.25) is 0 Å². The number of hydrogen-bond donors (Lipinski definition) is 1. The monoisotopic (exact) mass is 305 g/mol. The molecule has 17 heavy (non-hydrogen) atoms. The molecule has 0 aromatic heterocycles. The summed E-state index contributed by atoms with van der Waals surface area (Å²) in [6.07, 6.45) is 2.73. The van der Waals surface area contributed by atoms with Crippen LogP contribution >= 0.6 is 15.9 Å². The largest absolute Gasteiger partial charge is 0.381 e. The standard InChI is InChI=1S/C12H14BrF2NO/c13-10-6-8(14)7-11(15)12(10)16-9-2-1-4-17-5-3-9/h6-7,9,16H,1-5H2. The fraction of sp³-hybridized carbons (Fsp3) is 0.500. The fourth-order valence-electron chi connectivity index (χ4n) is 1.93. The number of anilines is 1. The van der Waals surface area contributed by atoms with Gasteiger partial charge in [-0.25, -0.2) is 8.78 Å². The van der Waals surface area contributed by atoms with E-state index in [2.05, 4.69) is 21.2 Å². The van der Waals surface area contributed by atoms with Crippen molar-refractivity contribution in [1.29, 1.82) is 0 Å². The molecule has 0 spiro atoms. The van der Waals surface area contributed by atoms with Crippen LogP contribution in [0.3, 0.4) is 0 Å². The van der Waals surface area contributed by atoms with Gasteiger partial charge in [-0.3, -0.25) is 0 Å². The van der Waals surface area contributed by atoms with Gasteiger partial charge in [0.1, 0.15) is 11.6 Å². The van der Waals surface area contributed by atoms with Crippen LogP contribution in [0.25, 0.3) is 0 Å². The van der Waals surface area contributed by atoms with Crippen LogP contribution in [0.15, 0.2) is 16.6 Å². The summed E-state index contributed by atoms with van der Waals surface area (Å²) in [4.78, 5) is 0. The van der Waals surface area contributed by atoms with Crippen molar-refractivity contribution in [3.05, 3.63) is 28.2 Å². The zero-order chi connectivity index (χ0) is 12.3. The maximum Gasteiger partial charge on any atom is 0.150 e. The molecule has 1 aromatic rings. The van der Waals surface area contributed by atoms with Crippen molar-refractivity contribution in [2.45, 2.75) is 25.3 Å². The predicted molar refractivity (Wildman–Crippen MR) is 66.1 cm³/mol. The van der Waals surface area contributed by atoms with Gasteiger partial charge in [-0.15, -0.1) is 0 Å². The Morgan fingerprint density at radius 3 is 2.82 bits per heavy atom. The van der Waals surface area contributed by atoms with Crippen LogP contribution < -0.4 is 5.32 Å². The van der Waals surface area contributed by atoms with Gasteiger partial charge in [0.25, 0.3) is 0 Å². The van der Waals surface area contributed by atoms with E-state index in [0.717, 1.165) is 31.9 Å². The third-order valence-electron chi connectivity index (χ3n) is 2.81. The second kappa shape index (κ2) is 5.78. The second-order valence-corrected chi connectivity index (χ2v) is 4.98. The van der Waals surface area contributed by atoms with E-state index in [4.69, 9.17) is 4.74 Å². The van der Waals surface area contributed by atoms with Crippen LogP contribution in [-0.4, -0.2) is 19.3 Å². The topological polar surface area (TPSA) is 21.3 Å². The quantitative estimate of drug-likeness (QED) is 0.899. The van der Waals surface area contributed by atoms with Crippen molar-refractivity contribution in [2.75, 3.05) is 18.5 Å². The molecule has 1 aliphatic rings. The smallest absolute Gasteiger partial charge is 0.150 e. The minimum absolute atomic E-state index is 0.175. The zero-order valence-corrected chi connectivity index (χ0v) is 10.9. The van der Waals surface area contributed by atoms with E-state index in [1.54, 1.807) is 0 Å². The molecule has 1 aliphatic heterocycles. The molecule has 1 unspecified atom stereocenters. The molecule has 1 saturated heterocycles. The molecule has 0 amide bonds. The molecule has 5 heteroatoms. The summed E-state index contributed by atoms with van der Waals surface area (Å²) < 4.78 is 32.3. The molecule has 1 N–H and O–H groups in total. The lowest BCUT2D eigenvalue weighted by atomic mass is 10.1. The highest BCUT2D eigenvalue weighted by Crippen LogP contribution is 2.28. The average Bonchev–Trinajstić information content (AvgIpc) is 2.51. The summed E-state index contributed by atoms with van der Waals surface area (Å²) in [5, 5.41) is 3.12. The van der Waals surface area contributed by atoms with Gasteiger partial charge in [0, 0.05) is 29.8 Å². The first kappa shape index (κ1) is 12.8. The van der Waals surface area contributed by atoms with Gasteiger partial charge < -0.3 is 10.1 Å². The van der Waals surface area contributed by atoms with E-state index in [9.17, 15) is 8.78 Å². The van der Waals surface area contributed by atoms with Crippen molar-refractivity contribution in [1.82, 2.24) is 0 Å². The summed E-state index contributed by atoms with van der Waals surface area (Å²) >= 11 is 3.17. The molecule has 0 aliphatic carbocycles. The van der Waals surface area contributed by atoms with Crippen LogP contribution in [0.1, 0.15) is 19.3 Å². The average molecular weight is 306 g/mol. The van der Waals surface area contributed by atoms with Crippen molar-refractivity contribution in [3.63, 3.8) is 0 Å². The molecule has 0 saturated carbocycles. The Bertz CT molecular complexity index is 369. The summed E-state index contributed by atoms with van der Waals surface area (Å²) in [5.41, 5.74) is 0.332. The summed E-state index contributed by atoms with van der Waals surface area (Å²) in [6.45, 7) is 1.43. The van der Waals surface area contributed by atoms with E-state index in [1.165, 1.54) is 6.07 Å². The predicted octanol–water partition coefficient (Wildman–Crippen LogP) is 3.71. The summed E-state index contributed by atoms with van der Waals surface area (Å²) in [7, 11) is 0. The SMILES string of the molecule is Fc1cc(F)c(NC2CCCOCC2)c(Br)c1. The zero-order valence-electron chi connectivity index (χ0n) is 9.31. The molecule has 1 fully saturated rings. The minimum Gasteiger partial charge on any atom is -0.381 e. The van der Waals surface area contributed by atoms with Crippen LogP contribution in [-0.2, 0) is 4.74 Å². The molecular weight excluding hydrogens is 292 g/mol. The molecule has 0 bridgehead atoms. The second-order valence-electron chi connectivity index (χ2n) is 4.13. The van der Waals surface area contributed by atoms with Gasteiger partial charge in [-0.2, -0.15) is 0 Å². The Morgan fingerprint density at radius 1 is 1.24 bits per heavy atom. The minimum atomic E-state index is -0.580. The van der Waals surface area contributed by atoms with Gasteiger partial charge in [0.15, 0.2) is 0 Å². The van der Waals surface area contributed by atoms with Crippen LogP contribution in [0, 0.1) is 11.6 Å². The molecule has 1 atom stereocenters. The number of rotatable bonds is 2. The normalized spacial score (nSPS) is 21.0.